The van der Waals surface area contributed by atoms with Crippen LogP contribution in [0.3, 0.4) is 0 Å². The summed E-state index contributed by atoms with van der Waals surface area (Å²) in [5.74, 6) is 4.98. The molecule has 3 aromatic heterocycles. The van der Waals surface area contributed by atoms with Gasteiger partial charge in [0.15, 0.2) is 0 Å². The Morgan fingerprint density at radius 2 is 2.04 bits per heavy atom. The van der Waals surface area contributed by atoms with Gasteiger partial charge >= 0.3 is 5.69 Å². The summed E-state index contributed by atoms with van der Waals surface area (Å²) in [4.78, 5) is 33.3. The molecule has 134 valence electrons. The van der Waals surface area contributed by atoms with Crippen LogP contribution in [0.4, 0.5) is 4.39 Å². The molecule has 8 nitrogen and oxygen atoms in total. The Kier molecular flexibility index (Phi) is 3.62. The van der Waals surface area contributed by atoms with Gasteiger partial charge in [-0.3, -0.25) is 14.2 Å². The Labute approximate surface area is 146 Å². The number of nitrogen functional groups attached to an aromatic ring is 1. The lowest BCUT2D eigenvalue weighted by molar-refractivity contribution is 0.615. The van der Waals surface area contributed by atoms with Crippen molar-refractivity contribution in [2.45, 2.75) is 32.2 Å². The Morgan fingerprint density at radius 1 is 1.31 bits per heavy atom. The molecule has 3 aromatic rings. The summed E-state index contributed by atoms with van der Waals surface area (Å²) in [7, 11) is 0. The Morgan fingerprint density at radius 3 is 2.69 bits per heavy atom. The molecule has 0 atom stereocenters. The number of nitrogens with zero attached hydrogens (tertiary/aromatic N) is 4. The molecular weight excluding hydrogens is 339 g/mol. The molecule has 26 heavy (non-hydrogen) atoms. The number of aryl methyl sites for hydroxylation is 1. The molecule has 1 aliphatic carbocycles. The highest BCUT2D eigenvalue weighted by Gasteiger charge is 2.32. The molecule has 1 fully saturated rings. The van der Waals surface area contributed by atoms with Crippen molar-refractivity contribution in [3.63, 3.8) is 0 Å². The van der Waals surface area contributed by atoms with Gasteiger partial charge in [0.25, 0.3) is 5.56 Å². The van der Waals surface area contributed by atoms with Crippen molar-refractivity contribution in [1.82, 2.24) is 19.0 Å². The molecule has 0 spiro atoms. The van der Waals surface area contributed by atoms with Crippen molar-refractivity contribution < 1.29 is 4.39 Å². The molecule has 1 saturated carbocycles. The van der Waals surface area contributed by atoms with Crippen molar-refractivity contribution in [3.8, 4) is 11.3 Å². The molecule has 0 radical (unpaired) electrons. The maximum Gasteiger partial charge on any atom is 0.354 e. The minimum atomic E-state index is -0.787. The van der Waals surface area contributed by atoms with E-state index in [2.05, 4.69) is 9.97 Å². The number of halogens is 1. The SMILES string of the molecule is Cc1c(-c2cncc(CN)n2)c(F)cn2c(=O)n(N)c(=O)c(C3CC3)c12. The van der Waals surface area contributed by atoms with E-state index in [9.17, 15) is 14.0 Å². The van der Waals surface area contributed by atoms with Crippen LogP contribution in [-0.2, 0) is 6.54 Å². The first kappa shape index (κ1) is 16.4. The largest absolute Gasteiger partial charge is 0.354 e. The second-order valence-corrected chi connectivity index (χ2v) is 6.44. The van der Waals surface area contributed by atoms with Crippen molar-refractivity contribution in [2.24, 2.45) is 5.73 Å². The minimum Gasteiger partial charge on any atom is -0.332 e. The molecule has 0 bridgehead atoms. The van der Waals surface area contributed by atoms with E-state index in [1.165, 1.54) is 12.4 Å². The third-order valence-corrected chi connectivity index (χ3v) is 4.70. The summed E-state index contributed by atoms with van der Waals surface area (Å²) in [6, 6.07) is 0. The van der Waals surface area contributed by atoms with Crippen LogP contribution < -0.4 is 22.8 Å². The summed E-state index contributed by atoms with van der Waals surface area (Å²) >= 11 is 0. The molecule has 1 aliphatic rings. The maximum absolute atomic E-state index is 14.9. The van der Waals surface area contributed by atoms with Crippen molar-refractivity contribution in [2.75, 3.05) is 5.84 Å². The van der Waals surface area contributed by atoms with Crippen LogP contribution in [0.2, 0.25) is 0 Å². The number of nitrogens with two attached hydrogens (primary N) is 2. The number of hydrogen-bond acceptors (Lipinski definition) is 6. The molecule has 3 heterocycles. The van der Waals surface area contributed by atoms with Crippen LogP contribution in [0.1, 0.15) is 35.6 Å². The summed E-state index contributed by atoms with van der Waals surface area (Å²) in [6.07, 6.45) is 5.64. The zero-order valence-electron chi connectivity index (χ0n) is 14.1. The van der Waals surface area contributed by atoms with Crippen molar-refractivity contribution >= 4 is 5.52 Å². The molecule has 4 rings (SSSR count). The molecule has 0 unspecified atom stereocenters. The molecule has 0 aliphatic heterocycles. The van der Waals surface area contributed by atoms with Gasteiger partial charge in [0.05, 0.1) is 29.3 Å². The average Bonchev–Trinajstić information content (AvgIpc) is 3.46. The van der Waals surface area contributed by atoms with Gasteiger partial charge < -0.3 is 11.6 Å². The molecule has 0 aromatic carbocycles. The van der Waals surface area contributed by atoms with Gasteiger partial charge in [0.2, 0.25) is 0 Å². The fourth-order valence-electron chi connectivity index (χ4n) is 3.32. The highest BCUT2D eigenvalue weighted by molar-refractivity contribution is 5.75. The predicted octanol–water partition coefficient (Wildman–Crippen LogP) is 0.416. The summed E-state index contributed by atoms with van der Waals surface area (Å²) < 4.78 is 16.5. The van der Waals surface area contributed by atoms with Gasteiger partial charge in [-0.2, -0.15) is 4.68 Å². The Balaban J connectivity index is 2.14. The van der Waals surface area contributed by atoms with E-state index in [1.54, 1.807) is 6.92 Å². The van der Waals surface area contributed by atoms with Crippen LogP contribution in [0.15, 0.2) is 28.2 Å². The van der Waals surface area contributed by atoms with Gasteiger partial charge in [0.1, 0.15) is 5.82 Å². The molecule has 0 saturated heterocycles. The third kappa shape index (κ3) is 2.31. The fraction of sp³-hybridized carbons (Fsp3) is 0.294. The topological polar surface area (TPSA) is 121 Å². The molecule has 9 heteroatoms. The minimum absolute atomic E-state index is 0.0198. The Hall–Kier alpha value is -3.07. The summed E-state index contributed by atoms with van der Waals surface area (Å²) in [5, 5.41) is 0. The number of fused-ring (bicyclic) bond motifs is 1. The fourth-order valence-corrected chi connectivity index (χ4v) is 3.32. The molecule has 4 N–H and O–H groups in total. The van der Waals surface area contributed by atoms with Crippen LogP contribution in [0.25, 0.3) is 16.8 Å². The van der Waals surface area contributed by atoms with Crippen LogP contribution in [0, 0.1) is 12.7 Å². The standard InChI is InChI=1S/C17H17FN6O2/c1-8-13(12-6-21-5-10(4-19)22-12)11(18)7-23-15(8)14(9-2-3-9)16(25)24(20)17(23)26/h5-7,9H,2-4,19-20H2,1H3. The van der Waals surface area contributed by atoms with Gasteiger partial charge in [-0.05, 0) is 31.2 Å². The van der Waals surface area contributed by atoms with E-state index < -0.39 is 17.1 Å². The highest BCUT2D eigenvalue weighted by Crippen LogP contribution is 2.41. The number of hydrogen-bond donors (Lipinski definition) is 2. The first-order valence-electron chi connectivity index (χ1n) is 8.20. The smallest absolute Gasteiger partial charge is 0.332 e. The second kappa shape index (κ2) is 5.73. The average molecular weight is 356 g/mol. The molecular formula is C17H17FN6O2. The lowest BCUT2D eigenvalue weighted by atomic mass is 10.0. The first-order chi connectivity index (χ1) is 12.4. The van der Waals surface area contributed by atoms with Crippen molar-refractivity contribution in [3.05, 3.63) is 62.1 Å². The monoisotopic (exact) mass is 356 g/mol. The highest BCUT2D eigenvalue weighted by atomic mass is 19.1. The second-order valence-electron chi connectivity index (χ2n) is 6.44. The van der Waals surface area contributed by atoms with Gasteiger partial charge in [-0.1, -0.05) is 0 Å². The van der Waals surface area contributed by atoms with E-state index in [0.29, 0.717) is 32.7 Å². The quantitative estimate of drug-likeness (QED) is 0.656. The normalized spacial score (nSPS) is 14.1. The number of pyridine rings is 1. The summed E-state index contributed by atoms with van der Waals surface area (Å²) in [6.45, 7) is 1.83. The summed E-state index contributed by atoms with van der Waals surface area (Å²) in [5.41, 5.74) is 6.55. The van der Waals surface area contributed by atoms with Gasteiger partial charge in [-0.25, -0.2) is 14.2 Å². The lowest BCUT2D eigenvalue weighted by Crippen LogP contribution is -2.44. The zero-order chi connectivity index (χ0) is 18.6. The maximum atomic E-state index is 14.9. The van der Waals surface area contributed by atoms with E-state index in [1.807, 2.05) is 0 Å². The van der Waals surface area contributed by atoms with E-state index >= 15 is 0 Å². The predicted molar refractivity (Wildman–Crippen MR) is 93.7 cm³/mol. The first-order valence-corrected chi connectivity index (χ1v) is 8.20. The third-order valence-electron chi connectivity index (χ3n) is 4.70. The van der Waals surface area contributed by atoms with Crippen LogP contribution >= 0.6 is 0 Å². The number of rotatable bonds is 3. The van der Waals surface area contributed by atoms with Crippen molar-refractivity contribution in [1.29, 1.82) is 0 Å². The Bertz CT molecular complexity index is 1160. The van der Waals surface area contributed by atoms with E-state index in [-0.39, 0.29) is 18.0 Å². The molecule has 0 amide bonds. The van der Waals surface area contributed by atoms with Crippen LogP contribution in [0.5, 0.6) is 0 Å². The van der Waals surface area contributed by atoms with E-state index in [4.69, 9.17) is 11.6 Å². The van der Waals surface area contributed by atoms with Crippen LogP contribution in [-0.4, -0.2) is 19.0 Å². The van der Waals surface area contributed by atoms with E-state index in [0.717, 1.165) is 23.4 Å². The van der Waals surface area contributed by atoms with Gasteiger partial charge in [0, 0.05) is 23.9 Å². The zero-order valence-corrected chi connectivity index (χ0v) is 14.1. The lowest BCUT2D eigenvalue weighted by Gasteiger charge is -2.15. The number of aromatic nitrogens is 4. The van der Waals surface area contributed by atoms with Gasteiger partial charge in [-0.15, -0.1) is 0 Å².